The van der Waals surface area contributed by atoms with Gasteiger partial charge in [-0.05, 0) is 6.92 Å². The lowest BCUT2D eigenvalue weighted by molar-refractivity contribution is -0.357. The molecule has 3 aromatic rings. The van der Waals surface area contributed by atoms with Crippen LogP contribution in [0, 0.1) is 0 Å². The fourth-order valence-corrected chi connectivity index (χ4v) is 6.28. The molecule has 3 aliphatic rings. The summed E-state index contributed by atoms with van der Waals surface area (Å²) in [5.41, 5.74) is -0.357. The maximum absolute atomic E-state index is 11.2. The first-order valence-corrected chi connectivity index (χ1v) is 16.5. The number of aromatic hydroxyl groups is 4. The molecule has 15 atom stereocenters. The summed E-state index contributed by atoms with van der Waals surface area (Å²) in [6, 6.07) is 5.27. The molecule has 0 aliphatic carbocycles. The highest BCUT2D eigenvalue weighted by Gasteiger charge is 2.52. The SMILES string of the molecule is C[C@@H]1O[C@@H](Oc2cc(O)cc3[o+]c(-c4cc(O)c(O)c(O)c4)c(O[C@@H]4O[C@H](CO)[C@@H](O)[C@H](O)[C@H]4O[C@@H]4O[C@H](CO)[C@@H](O)[C@H](O)[C@H]4O)cc23)[C@H](O)[C@H](O)[C@H]1O. The lowest BCUT2D eigenvalue weighted by atomic mass is 9.97. The number of hydrogen-bond donors (Lipinski definition) is 14. The first-order chi connectivity index (χ1) is 25.5. The predicted octanol–water partition coefficient (Wildman–Crippen LogP) is -3.59. The van der Waals surface area contributed by atoms with Crippen LogP contribution in [0.25, 0.3) is 22.3 Å². The zero-order valence-corrected chi connectivity index (χ0v) is 28.1. The highest BCUT2D eigenvalue weighted by atomic mass is 16.8. The van der Waals surface area contributed by atoms with Crippen LogP contribution < -0.4 is 9.47 Å². The molecule has 21 nitrogen and oxygen atoms in total. The summed E-state index contributed by atoms with van der Waals surface area (Å²) in [5.74, 6) is -4.03. The standard InChI is InChI=1S/C33H40O21/c1-9-20(39)24(43)27(46)31(48-9)50-16-5-11(36)4-15-12(16)6-17(29(49-15)10-2-13(37)21(40)14(38)3-10)51-33-30(26(45)23(42)19(8-35)53-33)54-32-28(47)25(44)22(41)18(7-34)52-32/h2-6,9,18-20,22-28,30-35,39,41-47H,7-8H2,1H3,(H3-,36,37,38,40)/p+1/t9-,18+,19+,20-,22+,23+,24+,25-,26-,27+,28+,30+,31-,32-,33+/m0/s1. The first kappa shape index (κ1) is 39.8. The summed E-state index contributed by atoms with van der Waals surface area (Å²) in [6.45, 7) is -0.302. The third-order valence-electron chi connectivity index (χ3n) is 9.39. The molecular weight excluding hydrogens is 732 g/mol. The number of fused-ring (bicyclic) bond motifs is 1. The van der Waals surface area contributed by atoms with Crippen molar-refractivity contribution in [2.24, 2.45) is 0 Å². The van der Waals surface area contributed by atoms with E-state index < -0.39 is 134 Å². The van der Waals surface area contributed by atoms with Gasteiger partial charge in [0.1, 0.15) is 77.9 Å². The summed E-state index contributed by atoms with van der Waals surface area (Å²) >= 11 is 0. The van der Waals surface area contributed by atoms with Gasteiger partial charge in [0.2, 0.25) is 18.3 Å². The highest BCUT2D eigenvalue weighted by molar-refractivity contribution is 5.89. The number of phenolic OH excluding ortho intramolecular Hbond substituents is 4. The van der Waals surface area contributed by atoms with E-state index in [-0.39, 0.29) is 28.0 Å². The third kappa shape index (κ3) is 7.39. The Balaban J connectivity index is 1.46. The average Bonchev–Trinajstić information content (AvgIpc) is 3.14. The van der Waals surface area contributed by atoms with Crippen molar-refractivity contribution < 1.29 is 104 Å². The van der Waals surface area contributed by atoms with Gasteiger partial charge in [-0.25, -0.2) is 4.42 Å². The molecule has 0 saturated carbocycles. The van der Waals surface area contributed by atoms with Crippen molar-refractivity contribution in [2.45, 2.75) is 99.0 Å². The quantitative estimate of drug-likeness (QED) is 0.0738. The van der Waals surface area contributed by atoms with Gasteiger partial charge in [0.15, 0.2) is 29.6 Å². The van der Waals surface area contributed by atoms with Crippen LogP contribution in [0.15, 0.2) is 34.7 Å². The molecular formula is C33H41O21+. The van der Waals surface area contributed by atoms with Crippen molar-refractivity contribution in [3.63, 3.8) is 0 Å². The molecule has 54 heavy (non-hydrogen) atoms. The molecule has 14 N–H and O–H groups in total. The van der Waals surface area contributed by atoms with Gasteiger partial charge in [-0.2, -0.15) is 0 Å². The van der Waals surface area contributed by atoms with Crippen LogP contribution in [-0.4, -0.2) is 177 Å². The lowest BCUT2D eigenvalue weighted by Gasteiger charge is -2.45. The summed E-state index contributed by atoms with van der Waals surface area (Å²) in [6.07, 6.45) is -25.7. The van der Waals surface area contributed by atoms with E-state index in [2.05, 4.69) is 0 Å². The van der Waals surface area contributed by atoms with Gasteiger partial charge in [0, 0.05) is 24.3 Å². The summed E-state index contributed by atoms with van der Waals surface area (Å²) in [4.78, 5) is 0. The second-order valence-electron chi connectivity index (χ2n) is 13.1. The normalized spacial score (nSPS) is 37.3. The maximum atomic E-state index is 11.2. The van der Waals surface area contributed by atoms with Crippen LogP contribution in [0.1, 0.15) is 6.92 Å². The Kier molecular flexibility index (Phi) is 11.5. The number of ether oxygens (including phenoxy) is 6. The molecule has 0 bridgehead atoms. The molecule has 298 valence electrons. The van der Waals surface area contributed by atoms with Gasteiger partial charge in [-0.15, -0.1) is 0 Å². The van der Waals surface area contributed by atoms with E-state index in [1.807, 2.05) is 0 Å². The van der Waals surface area contributed by atoms with Crippen LogP contribution in [0.4, 0.5) is 0 Å². The predicted molar refractivity (Wildman–Crippen MR) is 173 cm³/mol. The van der Waals surface area contributed by atoms with E-state index in [1.165, 1.54) is 13.0 Å². The molecule has 1 aromatic heterocycles. The van der Waals surface area contributed by atoms with Crippen molar-refractivity contribution in [1.29, 1.82) is 0 Å². The summed E-state index contributed by atoms with van der Waals surface area (Å²) in [7, 11) is 0. The van der Waals surface area contributed by atoms with E-state index in [9.17, 15) is 71.5 Å². The van der Waals surface area contributed by atoms with Crippen molar-refractivity contribution in [3.8, 4) is 45.8 Å². The molecule has 3 aliphatic heterocycles. The van der Waals surface area contributed by atoms with Gasteiger partial charge in [0.25, 0.3) is 0 Å². The summed E-state index contributed by atoms with van der Waals surface area (Å²) in [5, 5.41) is 145. The zero-order valence-electron chi connectivity index (χ0n) is 28.1. The number of aliphatic hydroxyl groups excluding tert-OH is 10. The van der Waals surface area contributed by atoms with E-state index in [1.54, 1.807) is 0 Å². The molecule has 2 aromatic carbocycles. The third-order valence-corrected chi connectivity index (χ3v) is 9.39. The Morgan fingerprint density at radius 3 is 1.78 bits per heavy atom. The minimum absolute atomic E-state index is 0.0515. The van der Waals surface area contributed by atoms with Crippen LogP contribution in [0.2, 0.25) is 0 Å². The average molecular weight is 774 g/mol. The van der Waals surface area contributed by atoms with Crippen LogP contribution in [-0.2, 0) is 18.9 Å². The number of benzene rings is 2. The molecule has 0 unspecified atom stereocenters. The Labute approximate surface area is 303 Å². The molecule has 0 amide bonds. The largest absolute Gasteiger partial charge is 0.507 e. The van der Waals surface area contributed by atoms with Crippen molar-refractivity contribution in [1.82, 2.24) is 0 Å². The molecule has 3 fully saturated rings. The number of phenols is 4. The molecule has 21 heteroatoms. The fraction of sp³-hybridized carbons (Fsp3) is 0.545. The van der Waals surface area contributed by atoms with Gasteiger partial charge in [0.05, 0.1) is 30.9 Å². The number of aliphatic hydroxyl groups is 10. The van der Waals surface area contributed by atoms with E-state index in [4.69, 9.17) is 32.8 Å². The zero-order chi connectivity index (χ0) is 39.3. The fourth-order valence-electron chi connectivity index (χ4n) is 6.28. The monoisotopic (exact) mass is 773 g/mol. The second-order valence-corrected chi connectivity index (χ2v) is 13.1. The van der Waals surface area contributed by atoms with Gasteiger partial charge in [-0.1, -0.05) is 0 Å². The van der Waals surface area contributed by atoms with Gasteiger partial charge < -0.3 is 99.9 Å². The Hall–Kier alpha value is -3.91. The first-order valence-electron chi connectivity index (χ1n) is 16.5. The van der Waals surface area contributed by atoms with Crippen LogP contribution in [0.5, 0.6) is 34.5 Å². The Bertz CT molecular complexity index is 1770. The second kappa shape index (κ2) is 15.7. The molecule has 4 heterocycles. The van der Waals surface area contributed by atoms with E-state index in [0.29, 0.717) is 0 Å². The van der Waals surface area contributed by atoms with Gasteiger partial charge >= 0.3 is 11.3 Å². The topological polar surface area (TPSA) is 350 Å². The Morgan fingerprint density at radius 1 is 0.593 bits per heavy atom. The van der Waals surface area contributed by atoms with Gasteiger partial charge in [-0.3, -0.25) is 0 Å². The highest BCUT2D eigenvalue weighted by Crippen LogP contribution is 2.46. The maximum Gasteiger partial charge on any atom is 0.402 e. The smallest absolute Gasteiger partial charge is 0.402 e. The number of hydrogen-bond acceptors (Lipinski definition) is 20. The molecule has 3 saturated heterocycles. The van der Waals surface area contributed by atoms with Crippen LogP contribution >= 0.6 is 0 Å². The van der Waals surface area contributed by atoms with E-state index >= 15 is 0 Å². The molecule has 6 rings (SSSR count). The molecule has 0 spiro atoms. The Morgan fingerprint density at radius 2 is 1.15 bits per heavy atom. The summed E-state index contributed by atoms with van der Waals surface area (Å²) < 4.78 is 40.4. The number of rotatable bonds is 9. The lowest BCUT2D eigenvalue weighted by Crippen LogP contribution is -2.65. The van der Waals surface area contributed by atoms with Crippen molar-refractivity contribution in [2.75, 3.05) is 13.2 Å². The van der Waals surface area contributed by atoms with E-state index in [0.717, 1.165) is 24.3 Å². The van der Waals surface area contributed by atoms with Crippen molar-refractivity contribution >= 4 is 11.0 Å². The van der Waals surface area contributed by atoms with Crippen molar-refractivity contribution in [3.05, 3.63) is 30.3 Å². The van der Waals surface area contributed by atoms with Crippen LogP contribution in [0.3, 0.4) is 0 Å². The molecule has 0 radical (unpaired) electrons. The minimum atomic E-state index is -1.99. The minimum Gasteiger partial charge on any atom is -0.507 e.